The minimum absolute atomic E-state index is 0. The Bertz CT molecular complexity index is 529. The van der Waals surface area contributed by atoms with Crippen LogP contribution in [0, 0.1) is 0 Å². The first-order valence-electron chi connectivity index (χ1n) is 6.48. The van der Waals surface area contributed by atoms with Crippen LogP contribution in [0.15, 0.2) is 91.0 Å². The number of hydrogen-bond acceptors (Lipinski definition) is 0. The van der Waals surface area contributed by atoms with Crippen molar-refractivity contribution < 1.29 is 5.48 Å². The molecule has 0 fully saturated rings. The van der Waals surface area contributed by atoms with Crippen LogP contribution in [-0.2, 0) is 0 Å². The fourth-order valence-electron chi connectivity index (χ4n) is 2.31. The number of hydrogen-bond donors (Lipinski definition) is 0. The van der Waals surface area contributed by atoms with Gasteiger partial charge < -0.3 is 5.48 Å². The molecule has 1 radical (unpaired) electrons. The molecule has 0 amide bonds. The second-order valence-electron chi connectivity index (χ2n) is 4.47. The summed E-state index contributed by atoms with van der Waals surface area (Å²) in [5, 5.41) is 0. The molecule has 3 aromatic carbocycles. The van der Waals surface area contributed by atoms with Crippen LogP contribution in [0.1, 0.15) is 0 Å². The molecule has 0 aromatic heterocycles. The molecule has 101 valence electrons. The molecule has 0 saturated heterocycles. The van der Waals surface area contributed by atoms with E-state index in [1.54, 1.807) is 9.81 Å². The van der Waals surface area contributed by atoms with Crippen LogP contribution in [0.5, 0.6) is 0 Å². The summed E-state index contributed by atoms with van der Waals surface area (Å²) in [4.78, 5) is 0. The van der Waals surface area contributed by atoms with E-state index in [0.29, 0.717) is 0 Å². The third-order valence-corrected chi connectivity index (χ3v) is 13.8. The minimum atomic E-state index is -2.17. The average molecular weight is 459 g/mol. The van der Waals surface area contributed by atoms with Gasteiger partial charge in [0, 0.05) is 0 Å². The molecular formula is C18H18BiO. The fraction of sp³-hybridized carbons (Fsp3) is 0. The van der Waals surface area contributed by atoms with Crippen molar-refractivity contribution in [2.24, 2.45) is 0 Å². The van der Waals surface area contributed by atoms with Crippen LogP contribution in [0.3, 0.4) is 0 Å². The zero-order valence-electron chi connectivity index (χ0n) is 11.2. The summed E-state index contributed by atoms with van der Waals surface area (Å²) in [7, 11) is 0. The summed E-state index contributed by atoms with van der Waals surface area (Å²) < 4.78 is 4.64. The maximum absolute atomic E-state index is 2.29. The number of benzene rings is 3. The molecule has 0 aliphatic carbocycles. The van der Waals surface area contributed by atoms with Gasteiger partial charge in [-0.2, -0.15) is 0 Å². The van der Waals surface area contributed by atoms with Crippen molar-refractivity contribution in [2.45, 2.75) is 0 Å². The topological polar surface area (TPSA) is 31.5 Å². The monoisotopic (exact) mass is 459 g/mol. The molecule has 0 aliphatic rings. The Morgan fingerprint density at radius 3 is 0.900 bits per heavy atom. The molecule has 0 aliphatic heterocycles. The van der Waals surface area contributed by atoms with Gasteiger partial charge in [-0.3, -0.25) is 0 Å². The molecule has 0 heterocycles. The molecule has 0 bridgehead atoms. The zero-order chi connectivity index (χ0) is 12.9. The Morgan fingerprint density at radius 1 is 0.400 bits per heavy atom. The van der Waals surface area contributed by atoms with Crippen molar-refractivity contribution in [1.29, 1.82) is 0 Å². The Morgan fingerprint density at radius 2 is 0.650 bits per heavy atom. The van der Waals surface area contributed by atoms with Crippen LogP contribution in [0.4, 0.5) is 0 Å². The van der Waals surface area contributed by atoms with Crippen molar-refractivity contribution in [3.8, 4) is 0 Å². The predicted molar refractivity (Wildman–Crippen MR) is 89.0 cm³/mol. The van der Waals surface area contributed by atoms with Gasteiger partial charge in [-0.1, -0.05) is 0 Å². The van der Waals surface area contributed by atoms with Crippen LogP contribution < -0.4 is 9.81 Å². The first-order valence-corrected chi connectivity index (χ1v) is 12.3. The maximum atomic E-state index is 2.29. The Kier molecular flexibility index (Phi) is 5.46. The summed E-state index contributed by atoms with van der Waals surface area (Å²) in [5.74, 6) is 0. The SMILES string of the molecule is O.c1cc[c]([BiH]([c]2ccccc2)[c]2ccccc2)cc1. The molecular weight excluding hydrogens is 441 g/mol. The number of rotatable bonds is 3. The molecule has 0 spiro atoms. The molecule has 0 atom stereocenters. The standard InChI is InChI=1S/3C6H5.Bi.H2O.H/c3*1-2-4-6-5-3-1;;;/h3*1-5H;;1H2;. The summed E-state index contributed by atoms with van der Waals surface area (Å²) >= 11 is -2.17. The van der Waals surface area contributed by atoms with Gasteiger partial charge in [0.05, 0.1) is 0 Å². The summed E-state index contributed by atoms with van der Waals surface area (Å²) in [6, 6.07) is 33.0. The molecule has 20 heavy (non-hydrogen) atoms. The van der Waals surface area contributed by atoms with Crippen LogP contribution >= 0.6 is 0 Å². The Hall–Kier alpha value is -1.50. The van der Waals surface area contributed by atoms with Gasteiger partial charge in [-0.25, -0.2) is 0 Å². The van der Waals surface area contributed by atoms with Crippen LogP contribution in [0.2, 0.25) is 0 Å². The normalized spacial score (nSPS) is 10.1. The van der Waals surface area contributed by atoms with Crippen molar-refractivity contribution in [1.82, 2.24) is 0 Å². The van der Waals surface area contributed by atoms with Gasteiger partial charge in [0.25, 0.3) is 0 Å². The first kappa shape index (κ1) is 14.9. The molecule has 2 heteroatoms. The third-order valence-electron chi connectivity index (χ3n) is 3.19. The van der Waals surface area contributed by atoms with Crippen molar-refractivity contribution in [3.05, 3.63) is 91.0 Å². The van der Waals surface area contributed by atoms with Crippen LogP contribution in [0.25, 0.3) is 0 Å². The van der Waals surface area contributed by atoms with Gasteiger partial charge in [-0.05, 0) is 0 Å². The second-order valence-corrected chi connectivity index (χ2v) is 14.1. The summed E-state index contributed by atoms with van der Waals surface area (Å²) in [5.41, 5.74) is 0. The van der Waals surface area contributed by atoms with E-state index in [9.17, 15) is 0 Å². The van der Waals surface area contributed by atoms with Gasteiger partial charge in [-0.15, -0.1) is 0 Å². The quantitative estimate of drug-likeness (QED) is 0.526. The van der Waals surface area contributed by atoms with Crippen LogP contribution in [-0.4, -0.2) is 27.2 Å². The van der Waals surface area contributed by atoms with E-state index < -0.39 is 21.8 Å². The molecule has 1 nitrogen and oxygen atoms in total. The van der Waals surface area contributed by atoms with E-state index in [2.05, 4.69) is 91.0 Å². The van der Waals surface area contributed by atoms with Crippen molar-refractivity contribution >= 4 is 31.6 Å². The zero-order valence-corrected chi connectivity index (χ0v) is 15.0. The van der Waals surface area contributed by atoms with E-state index >= 15 is 0 Å². The summed E-state index contributed by atoms with van der Waals surface area (Å²) in [6.45, 7) is 0. The predicted octanol–water partition coefficient (Wildman–Crippen LogP) is 1.11. The van der Waals surface area contributed by atoms with E-state index in [-0.39, 0.29) is 5.48 Å². The molecule has 3 rings (SSSR count). The fourth-order valence-corrected chi connectivity index (χ4v) is 12.3. The summed E-state index contributed by atoms with van der Waals surface area (Å²) in [6.07, 6.45) is 0. The second kappa shape index (κ2) is 7.33. The average Bonchev–Trinajstić information content (AvgIpc) is 2.51. The van der Waals surface area contributed by atoms with Gasteiger partial charge >= 0.3 is 123 Å². The first-order chi connectivity index (χ1) is 9.45. The van der Waals surface area contributed by atoms with E-state index in [4.69, 9.17) is 0 Å². The molecule has 0 unspecified atom stereocenters. The van der Waals surface area contributed by atoms with Gasteiger partial charge in [0.2, 0.25) is 0 Å². The molecule has 3 aromatic rings. The molecule has 0 saturated carbocycles. The van der Waals surface area contributed by atoms with E-state index in [1.807, 2.05) is 0 Å². The van der Waals surface area contributed by atoms with E-state index in [0.717, 1.165) is 0 Å². The van der Waals surface area contributed by atoms with Crippen molar-refractivity contribution in [3.63, 3.8) is 0 Å². The van der Waals surface area contributed by atoms with Crippen molar-refractivity contribution in [2.75, 3.05) is 0 Å². The van der Waals surface area contributed by atoms with Gasteiger partial charge in [0.1, 0.15) is 0 Å². The Labute approximate surface area is 127 Å². The van der Waals surface area contributed by atoms with Gasteiger partial charge in [0.15, 0.2) is 0 Å². The van der Waals surface area contributed by atoms with E-state index in [1.165, 1.54) is 0 Å². The molecule has 2 N–H and O–H groups in total. The Balaban J connectivity index is 0.00000147. The third kappa shape index (κ3) is 3.33.